The summed E-state index contributed by atoms with van der Waals surface area (Å²) >= 11 is 11.8. The number of halogens is 2. The average Bonchev–Trinajstić information content (AvgIpc) is 2.64. The van der Waals surface area contributed by atoms with Gasteiger partial charge in [0.1, 0.15) is 0 Å². The molecule has 0 aliphatic carbocycles. The van der Waals surface area contributed by atoms with Crippen LogP contribution in [0.5, 0.6) is 0 Å². The van der Waals surface area contributed by atoms with Gasteiger partial charge in [0.2, 0.25) is 5.91 Å². The molecule has 3 rings (SSSR count). The van der Waals surface area contributed by atoms with Gasteiger partial charge in [0, 0.05) is 30.0 Å². The molecule has 0 bridgehead atoms. The van der Waals surface area contributed by atoms with Gasteiger partial charge in [-0.05, 0) is 54.8 Å². The topological polar surface area (TPSA) is 61.4 Å². The highest BCUT2D eigenvalue weighted by Gasteiger charge is 2.23. The second-order valence-electron chi connectivity index (χ2n) is 6.45. The predicted molar refractivity (Wildman–Crippen MR) is 111 cm³/mol. The summed E-state index contributed by atoms with van der Waals surface area (Å²) in [4.78, 5) is 26.3. The molecule has 0 fully saturated rings. The Morgan fingerprint density at radius 3 is 2.44 bits per heavy atom. The van der Waals surface area contributed by atoms with Gasteiger partial charge < -0.3 is 15.5 Å². The highest BCUT2D eigenvalue weighted by Crippen LogP contribution is 2.31. The van der Waals surface area contributed by atoms with Crippen molar-refractivity contribution >= 4 is 52.2 Å². The van der Waals surface area contributed by atoms with Gasteiger partial charge in [0.15, 0.2) is 0 Å². The standard InChI is InChI=1S/C20H21Cl2N3O2/c1-2-3-10-25-18-8-6-14(11-13(18)4-9-19(25)26)23-20(27)24-15-5-7-16(21)17(22)12-15/h5-8,11-12H,2-4,9-10H2,1H3,(H2,23,24,27). The molecule has 5 nitrogen and oxygen atoms in total. The molecule has 0 saturated heterocycles. The van der Waals surface area contributed by atoms with Crippen LogP contribution in [-0.4, -0.2) is 18.5 Å². The van der Waals surface area contributed by atoms with Gasteiger partial charge in [0.05, 0.1) is 10.0 Å². The first-order valence-electron chi connectivity index (χ1n) is 8.94. The lowest BCUT2D eigenvalue weighted by Gasteiger charge is -2.29. The predicted octanol–water partition coefficient (Wildman–Crippen LogP) is 5.72. The number of hydrogen-bond acceptors (Lipinski definition) is 2. The number of rotatable bonds is 5. The van der Waals surface area contributed by atoms with Crippen molar-refractivity contribution in [2.45, 2.75) is 32.6 Å². The van der Waals surface area contributed by atoms with Crippen molar-refractivity contribution in [2.24, 2.45) is 0 Å². The van der Waals surface area contributed by atoms with E-state index < -0.39 is 0 Å². The zero-order valence-electron chi connectivity index (χ0n) is 15.0. The van der Waals surface area contributed by atoms with E-state index in [0.29, 0.717) is 34.3 Å². The third-order valence-electron chi connectivity index (χ3n) is 4.45. The van der Waals surface area contributed by atoms with Gasteiger partial charge in [-0.3, -0.25) is 4.79 Å². The molecule has 0 spiro atoms. The van der Waals surface area contributed by atoms with E-state index in [0.717, 1.165) is 30.6 Å². The summed E-state index contributed by atoms with van der Waals surface area (Å²) in [5.41, 5.74) is 3.24. The van der Waals surface area contributed by atoms with E-state index in [2.05, 4.69) is 17.6 Å². The molecule has 0 saturated carbocycles. The third-order valence-corrected chi connectivity index (χ3v) is 5.19. The molecule has 2 N–H and O–H groups in total. The number of hydrogen-bond donors (Lipinski definition) is 2. The van der Waals surface area contributed by atoms with Crippen LogP contribution in [-0.2, 0) is 11.2 Å². The normalized spacial score (nSPS) is 13.3. The maximum absolute atomic E-state index is 12.2. The van der Waals surface area contributed by atoms with Crippen LogP contribution in [0.4, 0.5) is 21.9 Å². The zero-order valence-corrected chi connectivity index (χ0v) is 16.5. The van der Waals surface area contributed by atoms with Crippen LogP contribution >= 0.6 is 23.2 Å². The van der Waals surface area contributed by atoms with Crippen LogP contribution in [0.3, 0.4) is 0 Å². The first-order valence-corrected chi connectivity index (χ1v) is 9.70. The number of anilines is 3. The Kier molecular flexibility index (Phi) is 6.24. The number of aryl methyl sites for hydroxylation is 1. The number of nitrogens with one attached hydrogen (secondary N) is 2. The maximum Gasteiger partial charge on any atom is 0.323 e. The minimum Gasteiger partial charge on any atom is -0.312 e. The molecule has 27 heavy (non-hydrogen) atoms. The van der Waals surface area contributed by atoms with Crippen molar-refractivity contribution in [1.82, 2.24) is 0 Å². The van der Waals surface area contributed by atoms with Crippen molar-refractivity contribution < 1.29 is 9.59 Å². The van der Waals surface area contributed by atoms with Crippen molar-refractivity contribution in [2.75, 3.05) is 22.1 Å². The molecule has 7 heteroatoms. The number of carbonyl (C=O) groups is 2. The fourth-order valence-electron chi connectivity index (χ4n) is 3.07. The summed E-state index contributed by atoms with van der Waals surface area (Å²) in [7, 11) is 0. The molecular formula is C20H21Cl2N3O2. The Balaban J connectivity index is 1.70. The van der Waals surface area contributed by atoms with E-state index in [1.807, 2.05) is 23.1 Å². The summed E-state index contributed by atoms with van der Waals surface area (Å²) in [6.07, 6.45) is 3.18. The SMILES string of the molecule is CCCCN1C(=O)CCc2cc(NC(=O)Nc3ccc(Cl)c(Cl)c3)ccc21. The average molecular weight is 406 g/mol. The van der Waals surface area contributed by atoms with Gasteiger partial charge in [-0.1, -0.05) is 36.5 Å². The highest BCUT2D eigenvalue weighted by molar-refractivity contribution is 6.42. The number of unbranched alkanes of at least 4 members (excludes halogenated alkanes) is 1. The zero-order chi connectivity index (χ0) is 19.4. The summed E-state index contributed by atoms with van der Waals surface area (Å²) in [6, 6.07) is 10.2. The van der Waals surface area contributed by atoms with E-state index in [1.165, 1.54) is 0 Å². The molecule has 2 aromatic rings. The molecule has 0 atom stereocenters. The monoisotopic (exact) mass is 405 g/mol. The molecule has 0 unspecified atom stereocenters. The summed E-state index contributed by atoms with van der Waals surface area (Å²) < 4.78 is 0. The minimum absolute atomic E-state index is 0.161. The van der Waals surface area contributed by atoms with Crippen LogP contribution in [0, 0.1) is 0 Å². The minimum atomic E-state index is -0.372. The maximum atomic E-state index is 12.2. The van der Waals surface area contributed by atoms with Crippen LogP contribution in [0.1, 0.15) is 31.7 Å². The Hall–Kier alpha value is -2.24. The van der Waals surface area contributed by atoms with E-state index in [4.69, 9.17) is 23.2 Å². The van der Waals surface area contributed by atoms with Crippen molar-refractivity contribution in [1.29, 1.82) is 0 Å². The first kappa shape index (κ1) is 19.5. The fourth-order valence-corrected chi connectivity index (χ4v) is 3.36. The van der Waals surface area contributed by atoms with Crippen LogP contribution in [0.2, 0.25) is 10.0 Å². The second kappa shape index (κ2) is 8.63. The van der Waals surface area contributed by atoms with Gasteiger partial charge in [-0.2, -0.15) is 0 Å². The fraction of sp³-hybridized carbons (Fsp3) is 0.300. The van der Waals surface area contributed by atoms with E-state index in [-0.39, 0.29) is 11.9 Å². The largest absolute Gasteiger partial charge is 0.323 e. The quantitative estimate of drug-likeness (QED) is 0.668. The van der Waals surface area contributed by atoms with Gasteiger partial charge >= 0.3 is 6.03 Å². The van der Waals surface area contributed by atoms with Crippen molar-refractivity contribution in [3.05, 3.63) is 52.0 Å². The Morgan fingerprint density at radius 1 is 1.04 bits per heavy atom. The summed E-state index contributed by atoms with van der Waals surface area (Å²) in [5.74, 6) is 0.161. The molecule has 3 amide bonds. The van der Waals surface area contributed by atoms with Crippen molar-refractivity contribution in [3.8, 4) is 0 Å². The number of benzene rings is 2. The van der Waals surface area contributed by atoms with Crippen LogP contribution in [0.15, 0.2) is 36.4 Å². The number of urea groups is 1. The lowest BCUT2D eigenvalue weighted by Crippen LogP contribution is -2.35. The molecule has 1 heterocycles. The highest BCUT2D eigenvalue weighted by atomic mass is 35.5. The number of carbonyl (C=O) groups excluding carboxylic acids is 2. The Morgan fingerprint density at radius 2 is 1.74 bits per heavy atom. The van der Waals surface area contributed by atoms with Gasteiger partial charge in [0.25, 0.3) is 0 Å². The van der Waals surface area contributed by atoms with Gasteiger partial charge in [-0.25, -0.2) is 4.79 Å². The Labute approximate surface area is 168 Å². The summed E-state index contributed by atoms with van der Waals surface area (Å²) in [6.45, 7) is 2.84. The summed E-state index contributed by atoms with van der Waals surface area (Å²) in [5, 5.41) is 6.34. The van der Waals surface area contributed by atoms with E-state index >= 15 is 0 Å². The molecule has 0 aromatic heterocycles. The third kappa shape index (κ3) is 4.73. The van der Waals surface area contributed by atoms with Crippen molar-refractivity contribution in [3.63, 3.8) is 0 Å². The molecule has 1 aliphatic heterocycles. The molecule has 142 valence electrons. The van der Waals surface area contributed by atoms with Crippen LogP contribution < -0.4 is 15.5 Å². The lowest BCUT2D eigenvalue weighted by molar-refractivity contribution is -0.118. The molecule has 1 aliphatic rings. The van der Waals surface area contributed by atoms with E-state index in [9.17, 15) is 9.59 Å². The number of fused-ring (bicyclic) bond motifs is 1. The van der Waals surface area contributed by atoms with E-state index in [1.54, 1.807) is 18.2 Å². The smallest absolute Gasteiger partial charge is 0.312 e. The first-order chi connectivity index (χ1) is 13.0. The molecule has 0 radical (unpaired) electrons. The van der Waals surface area contributed by atoms with Crippen LogP contribution in [0.25, 0.3) is 0 Å². The molecular weight excluding hydrogens is 385 g/mol. The Bertz CT molecular complexity index is 870. The van der Waals surface area contributed by atoms with Gasteiger partial charge in [-0.15, -0.1) is 0 Å². The number of amides is 3. The lowest BCUT2D eigenvalue weighted by atomic mass is 10.00. The molecule has 2 aromatic carbocycles. The second-order valence-corrected chi connectivity index (χ2v) is 7.26. The number of nitrogens with zero attached hydrogens (tertiary/aromatic N) is 1.